The normalized spacial score (nSPS) is 10.7. The monoisotopic (exact) mass is 208 g/mol. The first-order chi connectivity index (χ1) is 6.79. The number of aromatic nitrogens is 3. The molecule has 0 radical (unpaired) electrons. The zero-order valence-electron chi connectivity index (χ0n) is 8.19. The third-order valence-corrected chi connectivity index (χ3v) is 2.68. The zero-order valence-corrected chi connectivity index (χ0v) is 9.01. The fourth-order valence-electron chi connectivity index (χ4n) is 1.18. The van der Waals surface area contributed by atoms with E-state index in [1.807, 2.05) is 31.7 Å². The van der Waals surface area contributed by atoms with Gasteiger partial charge in [-0.3, -0.25) is 0 Å². The molecule has 0 aliphatic rings. The van der Waals surface area contributed by atoms with Gasteiger partial charge in [-0.2, -0.15) is 5.10 Å². The van der Waals surface area contributed by atoms with Crippen LogP contribution >= 0.6 is 11.3 Å². The van der Waals surface area contributed by atoms with Gasteiger partial charge >= 0.3 is 0 Å². The van der Waals surface area contributed by atoms with E-state index in [-0.39, 0.29) is 0 Å². The van der Waals surface area contributed by atoms with Crippen LogP contribution in [0.5, 0.6) is 0 Å². The maximum atomic E-state index is 4.44. The van der Waals surface area contributed by atoms with Crippen LogP contribution in [0.2, 0.25) is 0 Å². The summed E-state index contributed by atoms with van der Waals surface area (Å²) in [5, 5.41) is 10.2. The lowest BCUT2D eigenvalue weighted by Crippen LogP contribution is -2.05. The Morgan fingerprint density at radius 3 is 3.07 bits per heavy atom. The zero-order chi connectivity index (χ0) is 9.97. The molecule has 1 N–H and O–H groups in total. The minimum Gasteiger partial charge on any atom is -0.314 e. The summed E-state index contributed by atoms with van der Waals surface area (Å²) in [4.78, 5) is 4.44. The van der Waals surface area contributed by atoms with Gasteiger partial charge in [0.2, 0.25) is 5.13 Å². The van der Waals surface area contributed by atoms with Gasteiger partial charge in [0.25, 0.3) is 0 Å². The second-order valence-electron chi connectivity index (χ2n) is 3.11. The molecule has 2 heterocycles. The number of thiazole rings is 1. The van der Waals surface area contributed by atoms with Crippen molar-refractivity contribution in [1.82, 2.24) is 20.1 Å². The van der Waals surface area contributed by atoms with Crippen molar-refractivity contribution in [2.75, 3.05) is 7.05 Å². The van der Waals surface area contributed by atoms with Gasteiger partial charge in [-0.1, -0.05) is 0 Å². The van der Waals surface area contributed by atoms with Crippen molar-refractivity contribution in [3.8, 4) is 5.13 Å². The molecule has 0 saturated carbocycles. The van der Waals surface area contributed by atoms with Crippen molar-refractivity contribution in [3.05, 3.63) is 29.0 Å². The Hall–Kier alpha value is -1.20. The van der Waals surface area contributed by atoms with Crippen LogP contribution in [0.4, 0.5) is 0 Å². The van der Waals surface area contributed by atoms with Crippen LogP contribution in [-0.4, -0.2) is 21.8 Å². The molecule has 0 fully saturated rings. The van der Waals surface area contributed by atoms with E-state index in [2.05, 4.69) is 15.4 Å². The topological polar surface area (TPSA) is 42.7 Å². The summed E-state index contributed by atoms with van der Waals surface area (Å²) in [6.07, 6.45) is 3.81. The molecule has 2 aromatic rings. The molecule has 0 bridgehead atoms. The average molecular weight is 208 g/mol. The maximum Gasteiger partial charge on any atom is 0.210 e. The van der Waals surface area contributed by atoms with Gasteiger partial charge in [0, 0.05) is 18.1 Å². The van der Waals surface area contributed by atoms with Gasteiger partial charge in [-0.25, -0.2) is 9.67 Å². The van der Waals surface area contributed by atoms with Crippen LogP contribution in [0.15, 0.2) is 17.8 Å². The van der Waals surface area contributed by atoms with Crippen molar-refractivity contribution < 1.29 is 0 Å². The van der Waals surface area contributed by atoms with E-state index < -0.39 is 0 Å². The first kappa shape index (κ1) is 9.36. The van der Waals surface area contributed by atoms with Gasteiger partial charge in [-0.15, -0.1) is 11.3 Å². The Balaban J connectivity index is 2.24. The molecule has 0 amide bonds. The van der Waals surface area contributed by atoms with Crippen LogP contribution in [-0.2, 0) is 6.54 Å². The van der Waals surface area contributed by atoms with E-state index in [0.717, 1.165) is 22.9 Å². The maximum absolute atomic E-state index is 4.44. The highest BCUT2D eigenvalue weighted by atomic mass is 32.1. The van der Waals surface area contributed by atoms with Crippen LogP contribution in [0.25, 0.3) is 5.13 Å². The van der Waals surface area contributed by atoms with Crippen molar-refractivity contribution in [1.29, 1.82) is 0 Å². The molecule has 0 aliphatic carbocycles. The van der Waals surface area contributed by atoms with Gasteiger partial charge < -0.3 is 5.32 Å². The third-order valence-electron chi connectivity index (χ3n) is 1.81. The number of hydrogen-bond donors (Lipinski definition) is 1. The smallest absolute Gasteiger partial charge is 0.210 e. The number of nitrogens with zero attached hydrogens (tertiary/aromatic N) is 3. The number of aryl methyl sites for hydroxylation is 1. The van der Waals surface area contributed by atoms with Crippen molar-refractivity contribution in [2.45, 2.75) is 13.5 Å². The van der Waals surface area contributed by atoms with Gasteiger partial charge in [0.1, 0.15) is 0 Å². The second-order valence-corrected chi connectivity index (χ2v) is 3.95. The minimum absolute atomic E-state index is 0.802. The summed E-state index contributed by atoms with van der Waals surface area (Å²) in [6.45, 7) is 2.82. The van der Waals surface area contributed by atoms with Crippen molar-refractivity contribution in [2.24, 2.45) is 0 Å². The lowest BCUT2D eigenvalue weighted by Gasteiger charge is -1.93. The third kappa shape index (κ3) is 1.83. The summed E-state index contributed by atoms with van der Waals surface area (Å²) in [5.74, 6) is 0. The van der Waals surface area contributed by atoms with E-state index in [1.54, 1.807) is 16.0 Å². The quantitative estimate of drug-likeness (QED) is 0.828. The Morgan fingerprint density at radius 2 is 2.43 bits per heavy atom. The van der Waals surface area contributed by atoms with E-state index in [1.165, 1.54) is 0 Å². The lowest BCUT2D eigenvalue weighted by atomic mass is 10.4. The summed E-state index contributed by atoms with van der Waals surface area (Å²) >= 11 is 1.61. The Morgan fingerprint density at radius 1 is 1.57 bits per heavy atom. The molecular weight excluding hydrogens is 196 g/mol. The Labute approximate surface area is 86.6 Å². The molecule has 0 atom stereocenters. The van der Waals surface area contributed by atoms with E-state index in [4.69, 9.17) is 0 Å². The SMILES string of the molecule is CNCc1csc(-n2cc(C)cn2)n1. The van der Waals surface area contributed by atoms with Crippen LogP contribution in [0.1, 0.15) is 11.3 Å². The van der Waals surface area contributed by atoms with E-state index >= 15 is 0 Å². The second kappa shape index (κ2) is 3.89. The summed E-state index contributed by atoms with van der Waals surface area (Å²) < 4.78 is 1.80. The highest BCUT2D eigenvalue weighted by Crippen LogP contribution is 2.14. The lowest BCUT2D eigenvalue weighted by molar-refractivity contribution is 0.784. The molecular formula is C9H12N4S. The Kier molecular flexibility index (Phi) is 2.60. The molecule has 4 nitrogen and oxygen atoms in total. The van der Waals surface area contributed by atoms with Crippen LogP contribution < -0.4 is 5.32 Å². The van der Waals surface area contributed by atoms with E-state index in [0.29, 0.717) is 0 Å². The summed E-state index contributed by atoms with van der Waals surface area (Å²) in [6, 6.07) is 0. The largest absolute Gasteiger partial charge is 0.314 e. The highest BCUT2D eigenvalue weighted by Gasteiger charge is 2.03. The molecule has 5 heteroatoms. The fourth-order valence-corrected chi connectivity index (χ4v) is 1.94. The number of rotatable bonds is 3. The first-order valence-electron chi connectivity index (χ1n) is 4.40. The molecule has 2 aromatic heterocycles. The molecule has 0 aromatic carbocycles. The number of hydrogen-bond acceptors (Lipinski definition) is 4. The van der Waals surface area contributed by atoms with Crippen LogP contribution in [0, 0.1) is 6.92 Å². The molecule has 0 unspecified atom stereocenters. The number of nitrogens with one attached hydrogen (secondary N) is 1. The highest BCUT2D eigenvalue weighted by molar-refractivity contribution is 7.12. The predicted molar refractivity (Wildman–Crippen MR) is 56.7 cm³/mol. The van der Waals surface area contributed by atoms with Gasteiger partial charge in [-0.05, 0) is 19.5 Å². The molecule has 74 valence electrons. The summed E-state index contributed by atoms with van der Waals surface area (Å²) in [5.41, 5.74) is 2.20. The van der Waals surface area contributed by atoms with Crippen molar-refractivity contribution >= 4 is 11.3 Å². The molecule has 14 heavy (non-hydrogen) atoms. The standard InChI is InChI=1S/C9H12N4S/c1-7-3-11-13(5-7)9-12-8(4-10-2)6-14-9/h3,5-6,10H,4H2,1-2H3. The molecule has 2 rings (SSSR count). The fraction of sp³-hybridized carbons (Fsp3) is 0.333. The average Bonchev–Trinajstić information content (AvgIpc) is 2.74. The van der Waals surface area contributed by atoms with Gasteiger partial charge in [0.15, 0.2) is 0 Å². The molecule has 0 saturated heterocycles. The molecule has 0 spiro atoms. The molecule has 0 aliphatic heterocycles. The van der Waals surface area contributed by atoms with E-state index in [9.17, 15) is 0 Å². The van der Waals surface area contributed by atoms with Crippen molar-refractivity contribution in [3.63, 3.8) is 0 Å². The van der Waals surface area contributed by atoms with Gasteiger partial charge in [0.05, 0.1) is 11.9 Å². The van der Waals surface area contributed by atoms with Crippen LogP contribution in [0.3, 0.4) is 0 Å². The Bertz CT molecular complexity index is 418. The minimum atomic E-state index is 0.802. The predicted octanol–water partition coefficient (Wildman–Crippen LogP) is 1.36. The summed E-state index contributed by atoms with van der Waals surface area (Å²) in [7, 11) is 1.91. The first-order valence-corrected chi connectivity index (χ1v) is 5.28.